The fourth-order valence-corrected chi connectivity index (χ4v) is 4.27. The number of fused-ring (bicyclic) bond motifs is 1. The summed E-state index contributed by atoms with van der Waals surface area (Å²) in [4.78, 5) is 20.3. The fourth-order valence-electron chi connectivity index (χ4n) is 4.27. The second-order valence-corrected chi connectivity index (χ2v) is 8.48. The number of aliphatic carboxylic acids is 1. The molecule has 0 heterocycles. The molecule has 0 radical (unpaired) electrons. The molecule has 0 spiro atoms. The normalized spacial score (nSPS) is 13.1. The smallest absolute Gasteiger partial charge is 0.475 e. The van der Waals surface area contributed by atoms with Crippen LogP contribution in [0.25, 0.3) is 11.1 Å². The summed E-state index contributed by atoms with van der Waals surface area (Å²) >= 11 is 0. The molecule has 0 unspecified atom stereocenters. The van der Waals surface area contributed by atoms with Gasteiger partial charge in [-0.25, -0.2) is 4.79 Å². The number of hydrogen-bond acceptors (Lipinski definition) is 2. The molecule has 1 amide bonds. The maximum atomic E-state index is 11.4. The number of carbonyl (C=O) groups is 2. The molecule has 0 bridgehead atoms. The van der Waals surface area contributed by atoms with E-state index < -0.39 is 12.1 Å². The van der Waals surface area contributed by atoms with Gasteiger partial charge in [0, 0.05) is 5.56 Å². The molecular formula is C27H26F3NO3. The Bertz CT molecular complexity index is 1160. The number of carbonyl (C=O) groups excluding carboxylic acids is 1. The zero-order valence-electron chi connectivity index (χ0n) is 18.7. The number of alkyl halides is 3. The first-order chi connectivity index (χ1) is 16.0. The average molecular weight is 470 g/mol. The molecule has 7 heteroatoms. The van der Waals surface area contributed by atoms with Crippen molar-refractivity contribution >= 4 is 11.9 Å². The molecule has 3 aromatic carbocycles. The van der Waals surface area contributed by atoms with Gasteiger partial charge < -0.3 is 10.8 Å². The number of carboxylic acid groups (broad SMARTS) is 1. The Kier molecular flexibility index (Phi) is 7.76. The summed E-state index contributed by atoms with van der Waals surface area (Å²) in [7, 11) is 0. The largest absolute Gasteiger partial charge is 0.490 e. The van der Waals surface area contributed by atoms with Gasteiger partial charge in [-0.2, -0.15) is 13.2 Å². The number of hydrogen-bond donors (Lipinski definition) is 2. The molecule has 1 aliphatic rings. The molecule has 34 heavy (non-hydrogen) atoms. The van der Waals surface area contributed by atoms with Gasteiger partial charge in [-0.15, -0.1) is 0 Å². The molecule has 3 N–H and O–H groups in total. The van der Waals surface area contributed by atoms with Gasteiger partial charge in [0.15, 0.2) is 0 Å². The third-order valence-electron chi connectivity index (χ3n) is 5.97. The molecule has 0 aliphatic heterocycles. The Balaban J connectivity index is 0.000000406. The molecule has 1 aliphatic carbocycles. The van der Waals surface area contributed by atoms with E-state index in [1.165, 1.54) is 41.5 Å². The van der Waals surface area contributed by atoms with Crippen LogP contribution < -0.4 is 5.73 Å². The summed E-state index contributed by atoms with van der Waals surface area (Å²) in [5.41, 5.74) is 13.9. The Morgan fingerprint density at radius 1 is 0.971 bits per heavy atom. The minimum atomic E-state index is -5.08. The van der Waals surface area contributed by atoms with Crippen molar-refractivity contribution in [2.24, 2.45) is 11.7 Å². The highest BCUT2D eigenvalue weighted by molar-refractivity contribution is 5.94. The topological polar surface area (TPSA) is 80.4 Å². The van der Waals surface area contributed by atoms with Gasteiger partial charge in [0.05, 0.1) is 0 Å². The van der Waals surface area contributed by atoms with Crippen molar-refractivity contribution < 1.29 is 27.9 Å². The Morgan fingerprint density at radius 2 is 1.59 bits per heavy atom. The van der Waals surface area contributed by atoms with E-state index >= 15 is 0 Å². The molecule has 0 fully saturated rings. The van der Waals surface area contributed by atoms with E-state index in [4.69, 9.17) is 15.6 Å². The van der Waals surface area contributed by atoms with Crippen molar-refractivity contribution in [2.45, 2.75) is 38.8 Å². The molecule has 4 nitrogen and oxygen atoms in total. The highest BCUT2D eigenvalue weighted by Gasteiger charge is 2.38. The highest BCUT2D eigenvalue weighted by Crippen LogP contribution is 2.30. The third-order valence-corrected chi connectivity index (χ3v) is 5.97. The van der Waals surface area contributed by atoms with E-state index in [1.54, 1.807) is 6.07 Å². The minimum Gasteiger partial charge on any atom is -0.475 e. The number of aryl methyl sites for hydroxylation is 2. The lowest BCUT2D eigenvalue weighted by molar-refractivity contribution is -0.192. The number of primary amides is 1. The number of amides is 1. The van der Waals surface area contributed by atoms with Crippen LogP contribution in [-0.2, 0) is 24.1 Å². The maximum absolute atomic E-state index is 11.4. The van der Waals surface area contributed by atoms with Crippen LogP contribution in [0.15, 0.2) is 66.7 Å². The van der Waals surface area contributed by atoms with E-state index in [2.05, 4.69) is 49.4 Å². The average Bonchev–Trinajstić information content (AvgIpc) is 3.21. The van der Waals surface area contributed by atoms with Crippen LogP contribution in [-0.4, -0.2) is 23.2 Å². The lowest BCUT2D eigenvalue weighted by atomic mass is 9.93. The summed E-state index contributed by atoms with van der Waals surface area (Å²) in [5.74, 6) is -2.38. The van der Waals surface area contributed by atoms with Crippen molar-refractivity contribution in [3.63, 3.8) is 0 Å². The van der Waals surface area contributed by atoms with Gasteiger partial charge in [-0.1, -0.05) is 54.6 Å². The first-order valence-corrected chi connectivity index (χ1v) is 10.9. The predicted molar refractivity (Wildman–Crippen MR) is 124 cm³/mol. The van der Waals surface area contributed by atoms with Crippen LogP contribution in [0.1, 0.15) is 39.0 Å². The number of carboxylic acids is 1. The van der Waals surface area contributed by atoms with Crippen LogP contribution >= 0.6 is 0 Å². The standard InChI is InChI=1S/C25H25NO.C2HF3O2/c1-17-13-18(9-10-19-14-20-5-2-3-6-21(20)15-19)11-12-24(17)22-7-4-8-23(16-22)25(26)27;3-2(4,5)1(6)7/h2-8,11-13,16,19H,9-10,14-15H2,1H3,(H2,26,27);(H,6,7). The van der Waals surface area contributed by atoms with Crippen LogP contribution in [0.2, 0.25) is 0 Å². The van der Waals surface area contributed by atoms with Crippen LogP contribution in [0.5, 0.6) is 0 Å². The number of benzene rings is 3. The van der Waals surface area contributed by atoms with Gasteiger partial charge in [0.1, 0.15) is 0 Å². The molecule has 3 aromatic rings. The van der Waals surface area contributed by atoms with E-state index in [9.17, 15) is 18.0 Å². The van der Waals surface area contributed by atoms with Crippen molar-refractivity contribution in [3.05, 3.63) is 94.5 Å². The zero-order chi connectivity index (χ0) is 24.9. The maximum Gasteiger partial charge on any atom is 0.490 e. The van der Waals surface area contributed by atoms with Gasteiger partial charge >= 0.3 is 12.1 Å². The molecule has 0 atom stereocenters. The molecule has 178 valence electrons. The van der Waals surface area contributed by atoms with E-state index in [-0.39, 0.29) is 5.91 Å². The predicted octanol–water partition coefficient (Wildman–Crippen LogP) is 5.74. The van der Waals surface area contributed by atoms with Crippen LogP contribution in [0.3, 0.4) is 0 Å². The van der Waals surface area contributed by atoms with Crippen molar-refractivity contribution in [1.82, 2.24) is 0 Å². The van der Waals surface area contributed by atoms with Crippen LogP contribution in [0.4, 0.5) is 13.2 Å². The van der Waals surface area contributed by atoms with Gasteiger partial charge in [-0.3, -0.25) is 4.79 Å². The quantitative estimate of drug-likeness (QED) is 0.500. The lowest BCUT2D eigenvalue weighted by Crippen LogP contribution is -2.21. The number of rotatable bonds is 5. The summed E-state index contributed by atoms with van der Waals surface area (Å²) in [6.07, 6.45) is -0.313. The first kappa shape index (κ1) is 25.0. The molecule has 0 saturated carbocycles. The summed E-state index contributed by atoms with van der Waals surface area (Å²) < 4.78 is 31.7. The minimum absolute atomic E-state index is 0.385. The molecular weight excluding hydrogens is 443 g/mol. The lowest BCUT2D eigenvalue weighted by Gasteiger charge is -2.12. The van der Waals surface area contributed by atoms with Gasteiger partial charge in [-0.05, 0) is 84.0 Å². The summed E-state index contributed by atoms with van der Waals surface area (Å²) in [6.45, 7) is 2.14. The number of nitrogens with two attached hydrogens (primary N) is 1. The van der Waals surface area contributed by atoms with Crippen molar-refractivity contribution in [2.75, 3.05) is 0 Å². The monoisotopic (exact) mass is 469 g/mol. The van der Waals surface area contributed by atoms with E-state index in [1.807, 2.05) is 18.2 Å². The third kappa shape index (κ3) is 6.47. The second-order valence-electron chi connectivity index (χ2n) is 8.48. The molecule has 4 rings (SSSR count). The number of halogens is 3. The zero-order valence-corrected chi connectivity index (χ0v) is 18.7. The van der Waals surface area contributed by atoms with Crippen LogP contribution in [0, 0.1) is 12.8 Å². The first-order valence-electron chi connectivity index (χ1n) is 10.9. The summed E-state index contributed by atoms with van der Waals surface area (Å²) in [5, 5.41) is 7.12. The van der Waals surface area contributed by atoms with E-state index in [0.717, 1.165) is 23.5 Å². The van der Waals surface area contributed by atoms with Gasteiger partial charge in [0.2, 0.25) is 5.91 Å². The summed E-state index contributed by atoms with van der Waals surface area (Å²) in [6, 6.07) is 23.1. The van der Waals surface area contributed by atoms with Crippen molar-refractivity contribution in [3.8, 4) is 11.1 Å². The van der Waals surface area contributed by atoms with Crippen molar-refractivity contribution in [1.29, 1.82) is 0 Å². The Hall–Kier alpha value is -3.61. The second kappa shape index (κ2) is 10.5. The fraction of sp³-hybridized carbons (Fsp3) is 0.259. The SMILES string of the molecule is Cc1cc(CCC2Cc3ccccc3C2)ccc1-c1cccc(C(N)=O)c1.O=C(O)C(F)(F)F. The van der Waals surface area contributed by atoms with Gasteiger partial charge in [0.25, 0.3) is 0 Å². The highest BCUT2D eigenvalue weighted by atomic mass is 19.4. The van der Waals surface area contributed by atoms with E-state index in [0.29, 0.717) is 5.56 Å². The Labute approximate surface area is 196 Å². The Morgan fingerprint density at radius 3 is 2.12 bits per heavy atom. The molecule has 0 saturated heterocycles. The molecule has 0 aromatic heterocycles.